The summed E-state index contributed by atoms with van der Waals surface area (Å²) in [4.78, 5) is 11.7. The van der Waals surface area contributed by atoms with Crippen molar-refractivity contribution < 1.29 is 4.79 Å². The highest BCUT2D eigenvalue weighted by atomic mass is 16.1. The summed E-state index contributed by atoms with van der Waals surface area (Å²) in [6, 6.07) is 0. The van der Waals surface area contributed by atoms with Crippen LogP contribution in [0.4, 0.5) is 0 Å². The molecule has 0 aliphatic heterocycles. The summed E-state index contributed by atoms with van der Waals surface area (Å²) in [5, 5.41) is 0. The summed E-state index contributed by atoms with van der Waals surface area (Å²) in [6.07, 6.45) is 7.58. The Morgan fingerprint density at radius 3 is 2.62 bits per heavy atom. The maximum absolute atomic E-state index is 11.7. The van der Waals surface area contributed by atoms with Crippen molar-refractivity contribution in [3.8, 4) is 0 Å². The van der Waals surface area contributed by atoms with Crippen LogP contribution in [0.25, 0.3) is 0 Å². The Morgan fingerprint density at radius 2 is 2.00 bits per heavy atom. The average Bonchev–Trinajstić information content (AvgIpc) is 2.27. The van der Waals surface area contributed by atoms with Crippen molar-refractivity contribution in [1.82, 2.24) is 0 Å². The largest absolute Gasteiger partial charge is 0.295 e. The van der Waals surface area contributed by atoms with Crippen LogP contribution in [0.2, 0.25) is 0 Å². The minimum Gasteiger partial charge on any atom is -0.295 e. The monoisotopic (exact) mass is 178 g/mol. The first-order valence-corrected chi connectivity index (χ1v) is 5.19. The van der Waals surface area contributed by atoms with E-state index >= 15 is 0 Å². The van der Waals surface area contributed by atoms with Gasteiger partial charge in [-0.3, -0.25) is 4.79 Å². The predicted octanol–water partition coefficient (Wildman–Crippen LogP) is 2.96. The Hall–Kier alpha value is -0.590. The highest BCUT2D eigenvalue weighted by Crippen LogP contribution is 2.54. The van der Waals surface area contributed by atoms with Gasteiger partial charge in [-0.25, -0.2) is 0 Å². The molecule has 0 N–H and O–H groups in total. The number of rotatable bonds is 0. The van der Waals surface area contributed by atoms with Gasteiger partial charge < -0.3 is 0 Å². The molecule has 72 valence electrons. The van der Waals surface area contributed by atoms with E-state index in [4.69, 9.17) is 0 Å². The van der Waals surface area contributed by atoms with Crippen molar-refractivity contribution in [2.75, 3.05) is 0 Å². The van der Waals surface area contributed by atoms with Gasteiger partial charge in [0.25, 0.3) is 0 Å². The van der Waals surface area contributed by atoms with Gasteiger partial charge in [-0.2, -0.15) is 0 Å². The molecule has 2 atom stereocenters. The molecule has 0 aromatic carbocycles. The van der Waals surface area contributed by atoms with Crippen molar-refractivity contribution in [3.05, 3.63) is 12.2 Å². The van der Waals surface area contributed by atoms with Crippen molar-refractivity contribution in [2.24, 2.45) is 16.7 Å². The summed E-state index contributed by atoms with van der Waals surface area (Å²) in [6.45, 7) is 6.71. The molecule has 0 bridgehead atoms. The smallest absolute Gasteiger partial charge is 0.159 e. The minimum atomic E-state index is 0.166. The van der Waals surface area contributed by atoms with Crippen molar-refractivity contribution in [1.29, 1.82) is 0 Å². The number of hydrogen-bond donors (Lipinski definition) is 0. The third-order valence-corrected chi connectivity index (χ3v) is 3.89. The van der Waals surface area contributed by atoms with Crippen LogP contribution in [0.5, 0.6) is 0 Å². The molecule has 1 saturated carbocycles. The first-order chi connectivity index (χ1) is 5.96. The van der Waals surface area contributed by atoms with Crippen LogP contribution in [0, 0.1) is 16.7 Å². The Kier molecular flexibility index (Phi) is 1.70. The Bertz CT molecular complexity index is 275. The second-order valence-electron chi connectivity index (χ2n) is 5.52. The first kappa shape index (κ1) is 8.98. The van der Waals surface area contributed by atoms with Crippen LogP contribution in [0.1, 0.15) is 40.0 Å². The zero-order valence-electron chi connectivity index (χ0n) is 8.76. The number of fused-ring (bicyclic) bond motifs is 1. The Morgan fingerprint density at radius 1 is 1.31 bits per heavy atom. The summed E-state index contributed by atoms with van der Waals surface area (Å²) in [7, 11) is 0. The zero-order valence-corrected chi connectivity index (χ0v) is 8.76. The molecule has 0 spiro atoms. The van der Waals surface area contributed by atoms with Crippen LogP contribution in [-0.2, 0) is 4.79 Å². The topological polar surface area (TPSA) is 17.1 Å². The summed E-state index contributed by atoms with van der Waals surface area (Å²) < 4.78 is 0. The van der Waals surface area contributed by atoms with Crippen molar-refractivity contribution in [2.45, 2.75) is 40.0 Å². The fourth-order valence-electron chi connectivity index (χ4n) is 3.36. The molecule has 1 nitrogen and oxygen atoms in total. The molecule has 0 amide bonds. The van der Waals surface area contributed by atoms with Gasteiger partial charge in [0.2, 0.25) is 0 Å². The lowest BCUT2D eigenvalue weighted by atomic mass is 9.58. The molecule has 0 heterocycles. The van der Waals surface area contributed by atoms with E-state index < -0.39 is 0 Å². The van der Waals surface area contributed by atoms with E-state index in [1.165, 1.54) is 19.3 Å². The van der Waals surface area contributed by atoms with Gasteiger partial charge in [-0.1, -0.05) is 33.3 Å². The number of ketones is 1. The SMILES string of the molecule is CC1(C)CCC[C@]2(C)C=CC(=O)[C@H]12. The third kappa shape index (κ3) is 1.17. The van der Waals surface area contributed by atoms with Gasteiger partial charge in [-0.05, 0) is 29.7 Å². The molecule has 0 unspecified atom stereocenters. The number of hydrogen-bond acceptors (Lipinski definition) is 1. The highest BCUT2D eigenvalue weighted by molar-refractivity contribution is 5.96. The van der Waals surface area contributed by atoms with Crippen LogP contribution >= 0.6 is 0 Å². The van der Waals surface area contributed by atoms with Crippen LogP contribution in [-0.4, -0.2) is 5.78 Å². The summed E-state index contributed by atoms with van der Waals surface area (Å²) in [5.74, 6) is 0.598. The normalized spacial score (nSPS) is 42.1. The molecule has 2 rings (SSSR count). The Labute approximate surface area is 80.2 Å². The molecule has 0 saturated heterocycles. The molecule has 0 aromatic heterocycles. The number of carbonyl (C=O) groups is 1. The third-order valence-electron chi connectivity index (χ3n) is 3.89. The molecule has 0 aromatic rings. The van der Waals surface area contributed by atoms with Crippen LogP contribution in [0.3, 0.4) is 0 Å². The van der Waals surface area contributed by atoms with E-state index in [0.717, 1.165) is 0 Å². The van der Waals surface area contributed by atoms with E-state index in [1.807, 2.05) is 0 Å². The fourth-order valence-corrected chi connectivity index (χ4v) is 3.36. The van der Waals surface area contributed by atoms with Crippen LogP contribution in [0.15, 0.2) is 12.2 Å². The highest BCUT2D eigenvalue weighted by Gasteiger charge is 2.50. The van der Waals surface area contributed by atoms with Gasteiger partial charge in [0.1, 0.15) is 0 Å². The molecule has 1 fully saturated rings. The van der Waals surface area contributed by atoms with E-state index in [1.54, 1.807) is 6.08 Å². The second-order valence-corrected chi connectivity index (χ2v) is 5.52. The maximum atomic E-state index is 11.7. The lowest BCUT2D eigenvalue weighted by Gasteiger charge is -2.45. The quantitative estimate of drug-likeness (QED) is 0.557. The number of carbonyl (C=O) groups excluding carboxylic acids is 1. The van der Waals surface area contributed by atoms with Gasteiger partial charge >= 0.3 is 0 Å². The van der Waals surface area contributed by atoms with Gasteiger partial charge in [0, 0.05) is 5.92 Å². The Balaban J connectivity index is 2.39. The van der Waals surface area contributed by atoms with Gasteiger partial charge in [0.15, 0.2) is 5.78 Å². The molecular formula is C12H18O. The van der Waals surface area contributed by atoms with E-state index in [9.17, 15) is 4.79 Å². The van der Waals surface area contributed by atoms with E-state index in [2.05, 4.69) is 26.8 Å². The van der Waals surface area contributed by atoms with E-state index in [0.29, 0.717) is 5.78 Å². The first-order valence-electron chi connectivity index (χ1n) is 5.19. The average molecular weight is 178 g/mol. The second kappa shape index (κ2) is 2.46. The maximum Gasteiger partial charge on any atom is 0.159 e. The van der Waals surface area contributed by atoms with E-state index in [-0.39, 0.29) is 16.7 Å². The molecule has 1 heteroatoms. The molecular weight excluding hydrogens is 160 g/mol. The van der Waals surface area contributed by atoms with Crippen molar-refractivity contribution >= 4 is 5.78 Å². The summed E-state index contributed by atoms with van der Waals surface area (Å²) in [5.41, 5.74) is 0.367. The number of allylic oxidation sites excluding steroid dienone is 2. The van der Waals surface area contributed by atoms with Crippen LogP contribution < -0.4 is 0 Å². The lowest BCUT2D eigenvalue weighted by Crippen LogP contribution is -2.42. The fraction of sp³-hybridized carbons (Fsp3) is 0.750. The predicted molar refractivity (Wildman–Crippen MR) is 53.4 cm³/mol. The molecule has 13 heavy (non-hydrogen) atoms. The van der Waals surface area contributed by atoms with Crippen molar-refractivity contribution in [3.63, 3.8) is 0 Å². The molecule has 2 aliphatic carbocycles. The standard InChI is InChI=1S/C12H18O/c1-11(2)6-4-7-12(3)8-5-9(13)10(11)12/h5,8,10H,4,6-7H2,1-3H3/t10-,12-/m1/s1. The summed E-state index contributed by atoms with van der Waals surface area (Å²) >= 11 is 0. The zero-order chi connectivity index (χ0) is 9.69. The molecule has 2 aliphatic rings. The molecule has 0 radical (unpaired) electrons. The van der Waals surface area contributed by atoms with Gasteiger partial charge in [0.05, 0.1) is 0 Å². The van der Waals surface area contributed by atoms with Gasteiger partial charge in [-0.15, -0.1) is 0 Å². The minimum absolute atomic E-state index is 0.166. The lowest BCUT2D eigenvalue weighted by molar-refractivity contribution is -0.126.